The zero-order chi connectivity index (χ0) is 14.1. The Balaban J connectivity index is 2.06. The summed E-state index contributed by atoms with van der Waals surface area (Å²) in [6.45, 7) is 7.61. The zero-order valence-electron chi connectivity index (χ0n) is 12.4. The Bertz CT molecular complexity index is 623. The zero-order valence-corrected chi connectivity index (χ0v) is 13.1. The first-order valence-corrected chi connectivity index (χ1v) is 7.99. The van der Waals surface area contributed by atoms with E-state index in [0.29, 0.717) is 18.5 Å². The van der Waals surface area contributed by atoms with E-state index in [0.717, 1.165) is 24.3 Å². The smallest absolute Gasteiger partial charge is 0.0746 e. The van der Waals surface area contributed by atoms with Crippen molar-refractivity contribution >= 4 is 17.3 Å². The van der Waals surface area contributed by atoms with E-state index < -0.39 is 0 Å². The fraction of sp³-hybridized carbons (Fsp3) is 0.588. The third-order valence-electron chi connectivity index (χ3n) is 6.08. The Morgan fingerprint density at radius 3 is 3.00 bits per heavy atom. The number of nitrogens with one attached hydrogen (secondary N) is 1. The monoisotopic (exact) mass is 288 g/mol. The maximum atomic E-state index is 6.39. The van der Waals surface area contributed by atoms with Gasteiger partial charge in [0.25, 0.3) is 0 Å². The number of rotatable bonds is 0. The number of nitrogens with zero attached hydrogens (tertiary/aromatic N) is 1. The first-order valence-electron chi connectivity index (χ1n) is 7.62. The molecule has 1 N–H and O–H groups in total. The average molecular weight is 289 g/mol. The van der Waals surface area contributed by atoms with Crippen LogP contribution in [-0.2, 0) is 0 Å². The van der Waals surface area contributed by atoms with Crippen LogP contribution in [0.1, 0.15) is 40.0 Å². The fourth-order valence-electron chi connectivity index (χ4n) is 4.57. The molecule has 2 heterocycles. The summed E-state index contributed by atoms with van der Waals surface area (Å²) in [5, 5.41) is 4.65. The standard InChI is InChI=1S/C17H21ClN2/c1-9-16-7-13-12-6-11(18)8-19-10(2)17(9,3)14(12)4-5-15(13)20-16/h6,9,16,20H,4-5,7-8H2,1-3H3/b11-6+,19-10?. The second-order valence-corrected chi connectivity index (χ2v) is 7.27. The van der Waals surface area contributed by atoms with Crippen molar-refractivity contribution in [3.8, 4) is 0 Å². The number of allylic oxidation sites excluding steroid dienone is 4. The lowest BCUT2D eigenvalue weighted by atomic mass is 9.63. The molecule has 3 heteroatoms. The molecule has 0 aromatic heterocycles. The summed E-state index contributed by atoms with van der Waals surface area (Å²) in [7, 11) is 0. The maximum Gasteiger partial charge on any atom is 0.0746 e. The van der Waals surface area contributed by atoms with E-state index in [1.807, 2.05) is 0 Å². The second-order valence-electron chi connectivity index (χ2n) is 6.79. The third-order valence-corrected chi connectivity index (χ3v) is 6.31. The number of fused-ring (bicyclic) bond motifs is 1. The quantitative estimate of drug-likeness (QED) is 0.717. The summed E-state index contributed by atoms with van der Waals surface area (Å²) < 4.78 is 0. The average Bonchev–Trinajstić information content (AvgIpc) is 2.84. The molecule has 106 valence electrons. The molecule has 4 rings (SSSR count). The van der Waals surface area contributed by atoms with E-state index in [2.05, 4.69) is 32.2 Å². The summed E-state index contributed by atoms with van der Waals surface area (Å²) in [6, 6.07) is 0.549. The SMILES string of the molecule is CC1=NC/C(Cl)=C\C2=C3CCC4=C2CC(N4)C(C)C13C. The van der Waals surface area contributed by atoms with Gasteiger partial charge in [0.1, 0.15) is 0 Å². The van der Waals surface area contributed by atoms with Crippen LogP contribution in [0.4, 0.5) is 0 Å². The van der Waals surface area contributed by atoms with Crippen molar-refractivity contribution in [1.29, 1.82) is 0 Å². The minimum absolute atomic E-state index is 0.0782. The van der Waals surface area contributed by atoms with Crippen LogP contribution in [0.2, 0.25) is 0 Å². The van der Waals surface area contributed by atoms with Gasteiger partial charge in [-0.25, -0.2) is 0 Å². The van der Waals surface area contributed by atoms with Crippen molar-refractivity contribution in [3.05, 3.63) is 33.5 Å². The number of hydrogen-bond donors (Lipinski definition) is 1. The Labute approximate surface area is 125 Å². The first-order chi connectivity index (χ1) is 9.51. The molecular weight excluding hydrogens is 268 g/mol. The van der Waals surface area contributed by atoms with E-state index in [1.54, 1.807) is 5.57 Å². The van der Waals surface area contributed by atoms with Crippen LogP contribution in [0.25, 0.3) is 0 Å². The lowest BCUT2D eigenvalue weighted by molar-refractivity contribution is 0.271. The minimum Gasteiger partial charge on any atom is -0.385 e. The van der Waals surface area contributed by atoms with Crippen LogP contribution in [-0.4, -0.2) is 18.3 Å². The Morgan fingerprint density at radius 1 is 1.40 bits per heavy atom. The lowest BCUT2D eigenvalue weighted by Crippen LogP contribution is -2.46. The summed E-state index contributed by atoms with van der Waals surface area (Å²) in [6.07, 6.45) is 5.65. The van der Waals surface area contributed by atoms with Gasteiger partial charge in [-0.05, 0) is 49.3 Å². The van der Waals surface area contributed by atoms with Crippen molar-refractivity contribution in [2.24, 2.45) is 16.3 Å². The van der Waals surface area contributed by atoms with E-state index in [4.69, 9.17) is 16.6 Å². The number of aliphatic imine (C=N–C) groups is 1. The summed E-state index contributed by atoms with van der Waals surface area (Å²) in [4.78, 5) is 4.79. The van der Waals surface area contributed by atoms with Crippen molar-refractivity contribution in [2.45, 2.75) is 46.1 Å². The van der Waals surface area contributed by atoms with E-state index in [1.165, 1.54) is 22.6 Å². The van der Waals surface area contributed by atoms with Crippen LogP contribution in [0.3, 0.4) is 0 Å². The van der Waals surface area contributed by atoms with Gasteiger partial charge in [0, 0.05) is 27.9 Å². The van der Waals surface area contributed by atoms with Gasteiger partial charge in [0.2, 0.25) is 0 Å². The molecule has 0 saturated heterocycles. The van der Waals surface area contributed by atoms with Gasteiger partial charge in [-0.15, -0.1) is 0 Å². The molecule has 4 aliphatic rings. The van der Waals surface area contributed by atoms with E-state index in [9.17, 15) is 0 Å². The molecule has 3 unspecified atom stereocenters. The van der Waals surface area contributed by atoms with Gasteiger partial charge in [0.15, 0.2) is 0 Å². The van der Waals surface area contributed by atoms with Gasteiger partial charge < -0.3 is 5.32 Å². The van der Waals surface area contributed by atoms with Crippen LogP contribution < -0.4 is 5.32 Å². The van der Waals surface area contributed by atoms with E-state index in [-0.39, 0.29) is 5.41 Å². The lowest BCUT2D eigenvalue weighted by Gasteiger charge is -2.44. The van der Waals surface area contributed by atoms with E-state index >= 15 is 0 Å². The molecule has 2 aliphatic carbocycles. The highest BCUT2D eigenvalue weighted by Crippen LogP contribution is 2.54. The van der Waals surface area contributed by atoms with Gasteiger partial charge in [-0.2, -0.15) is 0 Å². The van der Waals surface area contributed by atoms with Crippen molar-refractivity contribution in [1.82, 2.24) is 5.32 Å². The van der Waals surface area contributed by atoms with Gasteiger partial charge in [0.05, 0.1) is 6.54 Å². The summed E-state index contributed by atoms with van der Waals surface area (Å²) in [5.74, 6) is 0.567. The molecule has 0 amide bonds. The molecular formula is C17H21ClN2. The Hall–Kier alpha value is -1.02. The molecule has 5 bridgehead atoms. The molecule has 0 aromatic carbocycles. The molecule has 0 radical (unpaired) electrons. The van der Waals surface area contributed by atoms with Crippen LogP contribution >= 0.6 is 11.6 Å². The Morgan fingerprint density at radius 2 is 2.20 bits per heavy atom. The first kappa shape index (κ1) is 12.7. The summed E-state index contributed by atoms with van der Waals surface area (Å²) >= 11 is 6.39. The van der Waals surface area contributed by atoms with Gasteiger partial charge in [-0.3, -0.25) is 4.99 Å². The molecule has 0 fully saturated rings. The Kier molecular flexibility index (Phi) is 2.54. The molecule has 20 heavy (non-hydrogen) atoms. The number of halogens is 1. The van der Waals surface area contributed by atoms with Crippen molar-refractivity contribution in [3.63, 3.8) is 0 Å². The van der Waals surface area contributed by atoms with Crippen LogP contribution in [0, 0.1) is 11.3 Å². The predicted molar refractivity (Wildman–Crippen MR) is 84.0 cm³/mol. The minimum atomic E-state index is 0.0782. The third kappa shape index (κ3) is 1.43. The highest BCUT2D eigenvalue weighted by atomic mass is 35.5. The number of hydrogen-bond acceptors (Lipinski definition) is 2. The fourth-order valence-corrected chi connectivity index (χ4v) is 4.74. The van der Waals surface area contributed by atoms with Crippen LogP contribution in [0.5, 0.6) is 0 Å². The van der Waals surface area contributed by atoms with Gasteiger partial charge >= 0.3 is 0 Å². The highest BCUT2D eigenvalue weighted by Gasteiger charge is 2.50. The van der Waals surface area contributed by atoms with Gasteiger partial charge in [-0.1, -0.05) is 31.0 Å². The normalized spacial score (nSPS) is 41.6. The van der Waals surface area contributed by atoms with Crippen LogP contribution in [0.15, 0.2) is 38.5 Å². The topological polar surface area (TPSA) is 24.4 Å². The summed E-state index contributed by atoms with van der Waals surface area (Å²) in [5.41, 5.74) is 7.33. The molecule has 3 atom stereocenters. The molecule has 0 aromatic rings. The largest absolute Gasteiger partial charge is 0.385 e. The molecule has 0 saturated carbocycles. The molecule has 2 nitrogen and oxygen atoms in total. The van der Waals surface area contributed by atoms with Crippen molar-refractivity contribution < 1.29 is 0 Å². The molecule has 2 aliphatic heterocycles. The highest BCUT2D eigenvalue weighted by molar-refractivity contribution is 6.30. The second kappa shape index (κ2) is 4.00. The maximum absolute atomic E-state index is 6.39. The predicted octanol–water partition coefficient (Wildman–Crippen LogP) is 3.95. The van der Waals surface area contributed by atoms with Crippen molar-refractivity contribution in [2.75, 3.05) is 6.54 Å². The molecule has 0 spiro atoms.